The smallest absolute Gasteiger partial charge is 0.182 e. The number of aryl methyl sites for hydroxylation is 1. The minimum absolute atomic E-state index is 0.136. The van der Waals surface area contributed by atoms with Gasteiger partial charge in [0.2, 0.25) is 0 Å². The Morgan fingerprint density at radius 2 is 1.90 bits per heavy atom. The monoisotopic (exact) mass is 269 g/mol. The number of hydrogen-bond donors (Lipinski definition) is 0. The first-order chi connectivity index (χ1) is 9.52. The number of rotatable bonds is 4. The summed E-state index contributed by atoms with van der Waals surface area (Å²) in [6.07, 6.45) is 1.27. The molecule has 0 saturated heterocycles. The molecule has 2 rings (SSSR count). The topological polar surface area (TPSA) is 67.4 Å². The summed E-state index contributed by atoms with van der Waals surface area (Å²) in [5.41, 5.74) is 2.42. The lowest BCUT2D eigenvalue weighted by Gasteiger charge is -2.19. The minimum Gasteiger partial charge on any atom is -0.225 e. The van der Waals surface area contributed by atoms with Crippen molar-refractivity contribution in [2.45, 2.75) is 45.6 Å². The van der Waals surface area contributed by atoms with Crippen LogP contribution in [0.5, 0.6) is 0 Å². The van der Waals surface area contributed by atoms with Crippen molar-refractivity contribution in [3.8, 4) is 17.5 Å². The highest BCUT2D eigenvalue weighted by Gasteiger charge is 2.14. The Bertz CT molecular complexity index is 598. The van der Waals surface area contributed by atoms with E-state index in [-0.39, 0.29) is 5.41 Å². The van der Waals surface area contributed by atoms with Gasteiger partial charge in [0.1, 0.15) is 0 Å². The SMILES string of the molecule is CC(C)(C)c1ccc(-c2nnnn2CCCC#N)cc1. The van der Waals surface area contributed by atoms with Crippen molar-refractivity contribution in [2.24, 2.45) is 0 Å². The summed E-state index contributed by atoms with van der Waals surface area (Å²) in [6, 6.07) is 10.5. The van der Waals surface area contributed by atoms with Gasteiger partial charge in [0.25, 0.3) is 0 Å². The number of unbranched alkanes of at least 4 members (excludes halogenated alkanes) is 1. The van der Waals surface area contributed by atoms with Crippen LogP contribution >= 0.6 is 0 Å². The van der Waals surface area contributed by atoms with E-state index in [1.54, 1.807) is 4.68 Å². The lowest BCUT2D eigenvalue weighted by atomic mass is 9.87. The molecule has 0 unspecified atom stereocenters. The summed E-state index contributed by atoms with van der Waals surface area (Å²) in [4.78, 5) is 0. The standard InChI is InChI=1S/C15H19N5/c1-15(2,3)13-8-6-12(7-9-13)14-17-18-19-20(14)11-5-4-10-16/h6-9H,4-5,11H2,1-3H3. The molecule has 5 heteroatoms. The highest BCUT2D eigenvalue weighted by molar-refractivity contribution is 5.55. The van der Waals surface area contributed by atoms with Gasteiger partial charge in [-0.3, -0.25) is 0 Å². The summed E-state index contributed by atoms with van der Waals surface area (Å²) in [7, 11) is 0. The molecular weight excluding hydrogens is 250 g/mol. The van der Waals surface area contributed by atoms with Crippen LogP contribution in [0.1, 0.15) is 39.2 Å². The molecule has 1 aromatic carbocycles. The third-order valence-electron chi connectivity index (χ3n) is 3.20. The molecule has 1 heterocycles. The molecule has 0 atom stereocenters. The van der Waals surface area contributed by atoms with Crippen LogP contribution in [-0.2, 0) is 12.0 Å². The first-order valence-electron chi connectivity index (χ1n) is 6.76. The first kappa shape index (κ1) is 14.2. The van der Waals surface area contributed by atoms with Crippen molar-refractivity contribution < 1.29 is 0 Å². The van der Waals surface area contributed by atoms with Gasteiger partial charge in [-0.15, -0.1) is 5.10 Å². The Hall–Kier alpha value is -2.22. The van der Waals surface area contributed by atoms with E-state index in [4.69, 9.17) is 5.26 Å². The molecular formula is C15H19N5. The predicted molar refractivity (Wildman–Crippen MR) is 76.8 cm³/mol. The van der Waals surface area contributed by atoms with E-state index in [2.05, 4.69) is 54.5 Å². The number of tetrazole rings is 1. The number of hydrogen-bond acceptors (Lipinski definition) is 4. The van der Waals surface area contributed by atoms with Crippen LogP contribution in [0.4, 0.5) is 0 Å². The number of aromatic nitrogens is 4. The summed E-state index contributed by atoms with van der Waals surface area (Å²) in [5, 5.41) is 20.4. The van der Waals surface area contributed by atoms with Crippen LogP contribution < -0.4 is 0 Å². The summed E-state index contributed by atoms with van der Waals surface area (Å²) < 4.78 is 1.75. The van der Waals surface area contributed by atoms with E-state index >= 15 is 0 Å². The van der Waals surface area contributed by atoms with Crippen molar-refractivity contribution in [3.05, 3.63) is 29.8 Å². The molecule has 0 aliphatic carbocycles. The van der Waals surface area contributed by atoms with Gasteiger partial charge in [0, 0.05) is 18.5 Å². The molecule has 1 aromatic heterocycles. The van der Waals surface area contributed by atoms with E-state index in [9.17, 15) is 0 Å². The predicted octanol–water partition coefficient (Wildman–Crippen LogP) is 2.94. The van der Waals surface area contributed by atoms with Crippen LogP contribution in [0.15, 0.2) is 24.3 Å². The average molecular weight is 269 g/mol. The van der Waals surface area contributed by atoms with Gasteiger partial charge in [0.15, 0.2) is 5.82 Å². The lowest BCUT2D eigenvalue weighted by molar-refractivity contribution is 0.569. The van der Waals surface area contributed by atoms with Gasteiger partial charge in [-0.05, 0) is 27.8 Å². The largest absolute Gasteiger partial charge is 0.225 e. The molecule has 20 heavy (non-hydrogen) atoms. The van der Waals surface area contributed by atoms with Gasteiger partial charge in [-0.1, -0.05) is 45.0 Å². The van der Waals surface area contributed by atoms with Crippen molar-refractivity contribution in [1.82, 2.24) is 20.2 Å². The maximum Gasteiger partial charge on any atom is 0.182 e. The second-order valence-corrected chi connectivity index (χ2v) is 5.81. The second-order valence-electron chi connectivity index (χ2n) is 5.81. The fraction of sp³-hybridized carbons (Fsp3) is 0.467. The number of nitrogens with zero attached hydrogens (tertiary/aromatic N) is 5. The zero-order valence-corrected chi connectivity index (χ0v) is 12.2. The van der Waals surface area contributed by atoms with Gasteiger partial charge >= 0.3 is 0 Å². The van der Waals surface area contributed by atoms with Crippen LogP contribution in [0.2, 0.25) is 0 Å². The normalized spacial score (nSPS) is 11.3. The Morgan fingerprint density at radius 3 is 2.50 bits per heavy atom. The molecule has 0 N–H and O–H groups in total. The maximum atomic E-state index is 8.58. The molecule has 0 spiro atoms. The van der Waals surface area contributed by atoms with E-state index in [1.807, 2.05) is 12.1 Å². The summed E-state index contributed by atoms with van der Waals surface area (Å²) >= 11 is 0. The molecule has 0 radical (unpaired) electrons. The molecule has 0 bridgehead atoms. The lowest BCUT2D eigenvalue weighted by Crippen LogP contribution is -2.10. The van der Waals surface area contributed by atoms with Gasteiger partial charge in [-0.25, -0.2) is 4.68 Å². The summed E-state index contributed by atoms with van der Waals surface area (Å²) in [6.45, 7) is 7.23. The van der Waals surface area contributed by atoms with E-state index in [0.29, 0.717) is 13.0 Å². The average Bonchev–Trinajstić information content (AvgIpc) is 2.87. The molecule has 0 amide bonds. The van der Waals surface area contributed by atoms with Gasteiger partial charge in [-0.2, -0.15) is 5.26 Å². The first-order valence-corrected chi connectivity index (χ1v) is 6.76. The zero-order valence-electron chi connectivity index (χ0n) is 12.2. The fourth-order valence-electron chi connectivity index (χ4n) is 1.99. The van der Waals surface area contributed by atoms with Crippen molar-refractivity contribution in [1.29, 1.82) is 5.26 Å². The van der Waals surface area contributed by atoms with Crippen LogP contribution in [0.25, 0.3) is 11.4 Å². The van der Waals surface area contributed by atoms with E-state index < -0.39 is 0 Å². The Labute approximate surface area is 119 Å². The Morgan fingerprint density at radius 1 is 1.20 bits per heavy atom. The number of nitriles is 1. The molecule has 2 aromatic rings. The zero-order chi connectivity index (χ0) is 14.6. The van der Waals surface area contributed by atoms with Crippen molar-refractivity contribution >= 4 is 0 Å². The Balaban J connectivity index is 2.20. The molecule has 0 saturated carbocycles. The number of benzene rings is 1. The highest BCUT2D eigenvalue weighted by Crippen LogP contribution is 2.25. The molecule has 0 aliphatic heterocycles. The second kappa shape index (κ2) is 5.83. The van der Waals surface area contributed by atoms with Crippen LogP contribution in [-0.4, -0.2) is 20.2 Å². The van der Waals surface area contributed by atoms with Crippen LogP contribution in [0, 0.1) is 11.3 Å². The third-order valence-corrected chi connectivity index (χ3v) is 3.20. The molecule has 104 valence electrons. The maximum absolute atomic E-state index is 8.58. The van der Waals surface area contributed by atoms with Crippen LogP contribution in [0.3, 0.4) is 0 Å². The Kier molecular flexibility index (Phi) is 4.14. The highest BCUT2D eigenvalue weighted by atomic mass is 15.5. The molecule has 0 fully saturated rings. The third kappa shape index (κ3) is 3.21. The summed E-state index contributed by atoms with van der Waals surface area (Å²) in [5.74, 6) is 0.753. The molecule has 0 aliphatic rings. The molecule has 5 nitrogen and oxygen atoms in total. The van der Waals surface area contributed by atoms with E-state index in [0.717, 1.165) is 17.8 Å². The van der Waals surface area contributed by atoms with Gasteiger partial charge < -0.3 is 0 Å². The van der Waals surface area contributed by atoms with Crippen molar-refractivity contribution in [3.63, 3.8) is 0 Å². The van der Waals surface area contributed by atoms with E-state index in [1.165, 1.54) is 5.56 Å². The quantitative estimate of drug-likeness (QED) is 0.800. The fourth-order valence-corrected chi connectivity index (χ4v) is 1.99. The van der Waals surface area contributed by atoms with Crippen molar-refractivity contribution in [2.75, 3.05) is 0 Å². The van der Waals surface area contributed by atoms with Gasteiger partial charge in [0.05, 0.1) is 6.07 Å². The minimum atomic E-state index is 0.136.